The molecule has 3 N–H and O–H groups in total. The maximum atomic E-state index is 10.1. The molecule has 4 nitrogen and oxygen atoms in total. The van der Waals surface area contributed by atoms with Crippen LogP contribution in [0.4, 0.5) is 0 Å². The molecular formula is C15H33N3O. The molecule has 1 fully saturated rings. The van der Waals surface area contributed by atoms with Gasteiger partial charge in [0.05, 0.1) is 5.60 Å². The van der Waals surface area contributed by atoms with Crippen LogP contribution >= 0.6 is 0 Å². The molecule has 1 atom stereocenters. The molecule has 0 spiro atoms. The number of hydrogen-bond acceptors (Lipinski definition) is 4. The van der Waals surface area contributed by atoms with E-state index >= 15 is 0 Å². The summed E-state index contributed by atoms with van der Waals surface area (Å²) in [5, 5.41) is 10.1. The van der Waals surface area contributed by atoms with Crippen molar-refractivity contribution < 1.29 is 5.11 Å². The summed E-state index contributed by atoms with van der Waals surface area (Å²) >= 11 is 0. The van der Waals surface area contributed by atoms with Gasteiger partial charge in [-0.2, -0.15) is 0 Å². The number of nitrogens with zero attached hydrogens (tertiary/aromatic N) is 2. The van der Waals surface area contributed by atoms with Gasteiger partial charge in [-0.3, -0.25) is 0 Å². The standard InChI is InChI=1S/C15H33N3O/c1-4-15(19,13-16)6-5-7-17-8-10-18(11-9-17)12-14(2)3/h14,19H,4-13,16H2,1-3H3. The quantitative estimate of drug-likeness (QED) is 0.695. The summed E-state index contributed by atoms with van der Waals surface area (Å²) in [7, 11) is 0. The zero-order valence-electron chi connectivity index (χ0n) is 13.1. The summed E-state index contributed by atoms with van der Waals surface area (Å²) in [5.41, 5.74) is 4.99. The fraction of sp³-hybridized carbons (Fsp3) is 1.00. The minimum absolute atomic E-state index is 0.381. The predicted molar refractivity (Wildman–Crippen MR) is 81.2 cm³/mol. The van der Waals surface area contributed by atoms with Crippen molar-refractivity contribution in [2.24, 2.45) is 11.7 Å². The zero-order valence-corrected chi connectivity index (χ0v) is 13.1. The van der Waals surface area contributed by atoms with Crippen LogP contribution in [0.15, 0.2) is 0 Å². The van der Waals surface area contributed by atoms with Gasteiger partial charge >= 0.3 is 0 Å². The molecule has 19 heavy (non-hydrogen) atoms. The third kappa shape index (κ3) is 6.21. The number of aliphatic hydroxyl groups is 1. The van der Waals surface area contributed by atoms with Crippen LogP contribution in [-0.4, -0.2) is 66.3 Å². The molecule has 1 saturated heterocycles. The molecule has 0 bridgehead atoms. The SMILES string of the molecule is CCC(O)(CN)CCCN1CCN(CC(C)C)CC1. The van der Waals surface area contributed by atoms with Crippen LogP contribution in [0.1, 0.15) is 40.0 Å². The monoisotopic (exact) mass is 271 g/mol. The molecule has 4 heteroatoms. The Hall–Kier alpha value is -0.160. The lowest BCUT2D eigenvalue weighted by atomic mass is 9.95. The summed E-state index contributed by atoms with van der Waals surface area (Å²) in [5.74, 6) is 0.760. The highest BCUT2D eigenvalue weighted by Gasteiger charge is 2.23. The van der Waals surface area contributed by atoms with Gasteiger partial charge in [-0.1, -0.05) is 20.8 Å². The predicted octanol–water partition coefficient (Wildman–Crippen LogP) is 1.14. The Kier molecular flexibility index (Phi) is 7.29. The second kappa shape index (κ2) is 8.20. The van der Waals surface area contributed by atoms with E-state index in [-0.39, 0.29) is 0 Å². The molecule has 0 aromatic carbocycles. The molecule has 0 radical (unpaired) electrons. The van der Waals surface area contributed by atoms with E-state index < -0.39 is 5.60 Å². The first kappa shape index (κ1) is 16.9. The van der Waals surface area contributed by atoms with Crippen molar-refractivity contribution >= 4 is 0 Å². The lowest BCUT2D eigenvalue weighted by Gasteiger charge is -2.36. The molecule has 0 aromatic heterocycles. The van der Waals surface area contributed by atoms with E-state index in [4.69, 9.17) is 5.73 Å². The van der Waals surface area contributed by atoms with Crippen molar-refractivity contribution in [3.8, 4) is 0 Å². The van der Waals surface area contributed by atoms with Crippen molar-refractivity contribution in [2.45, 2.75) is 45.6 Å². The molecular weight excluding hydrogens is 238 g/mol. The minimum Gasteiger partial charge on any atom is -0.389 e. The first-order chi connectivity index (χ1) is 8.99. The Balaban J connectivity index is 2.16. The lowest BCUT2D eigenvalue weighted by Crippen LogP contribution is -2.47. The van der Waals surface area contributed by atoms with Crippen LogP contribution in [0, 0.1) is 5.92 Å². The summed E-state index contributed by atoms with van der Waals surface area (Å²) in [4.78, 5) is 5.08. The van der Waals surface area contributed by atoms with Crippen LogP contribution in [0.5, 0.6) is 0 Å². The number of rotatable bonds is 8. The maximum absolute atomic E-state index is 10.1. The molecule has 0 amide bonds. The van der Waals surface area contributed by atoms with E-state index in [2.05, 4.69) is 23.6 Å². The van der Waals surface area contributed by atoms with E-state index in [1.54, 1.807) is 0 Å². The molecule has 0 saturated carbocycles. The van der Waals surface area contributed by atoms with Gasteiger partial charge < -0.3 is 20.6 Å². The van der Waals surface area contributed by atoms with Crippen molar-refractivity contribution in [3.63, 3.8) is 0 Å². The van der Waals surface area contributed by atoms with Gasteiger partial charge in [0.2, 0.25) is 0 Å². The van der Waals surface area contributed by atoms with E-state index in [0.29, 0.717) is 6.54 Å². The summed E-state index contributed by atoms with van der Waals surface area (Å²) in [6, 6.07) is 0. The first-order valence-corrected chi connectivity index (χ1v) is 7.86. The summed E-state index contributed by atoms with van der Waals surface area (Å²) < 4.78 is 0. The highest BCUT2D eigenvalue weighted by Crippen LogP contribution is 2.16. The largest absolute Gasteiger partial charge is 0.389 e. The topological polar surface area (TPSA) is 52.7 Å². The van der Waals surface area contributed by atoms with E-state index in [0.717, 1.165) is 31.7 Å². The van der Waals surface area contributed by atoms with E-state index in [1.807, 2.05) is 6.92 Å². The number of piperazine rings is 1. The number of nitrogens with two attached hydrogens (primary N) is 1. The fourth-order valence-corrected chi connectivity index (χ4v) is 2.77. The Morgan fingerprint density at radius 2 is 1.74 bits per heavy atom. The second-order valence-electron chi connectivity index (χ2n) is 6.42. The second-order valence-corrected chi connectivity index (χ2v) is 6.42. The Morgan fingerprint density at radius 1 is 1.16 bits per heavy atom. The van der Waals surface area contributed by atoms with Gasteiger partial charge in [0.15, 0.2) is 0 Å². The number of hydrogen-bond donors (Lipinski definition) is 2. The van der Waals surface area contributed by atoms with Gasteiger partial charge in [0.1, 0.15) is 0 Å². The van der Waals surface area contributed by atoms with Crippen molar-refractivity contribution in [2.75, 3.05) is 45.8 Å². The smallest absolute Gasteiger partial charge is 0.0767 e. The Labute approximate surface area is 118 Å². The van der Waals surface area contributed by atoms with Crippen LogP contribution < -0.4 is 5.73 Å². The molecule has 1 aliphatic heterocycles. The molecule has 1 rings (SSSR count). The average Bonchev–Trinajstić information content (AvgIpc) is 2.40. The van der Waals surface area contributed by atoms with Crippen molar-refractivity contribution in [1.82, 2.24) is 9.80 Å². The molecule has 1 unspecified atom stereocenters. The van der Waals surface area contributed by atoms with Crippen molar-refractivity contribution in [1.29, 1.82) is 0 Å². The zero-order chi connectivity index (χ0) is 14.3. The molecule has 0 aromatic rings. The van der Waals surface area contributed by atoms with Gasteiger partial charge in [0.25, 0.3) is 0 Å². The fourth-order valence-electron chi connectivity index (χ4n) is 2.77. The normalized spacial score (nSPS) is 21.8. The average molecular weight is 271 g/mol. The highest BCUT2D eigenvalue weighted by atomic mass is 16.3. The van der Waals surface area contributed by atoms with Gasteiger partial charge in [0, 0.05) is 39.3 Å². The van der Waals surface area contributed by atoms with Crippen molar-refractivity contribution in [3.05, 3.63) is 0 Å². The lowest BCUT2D eigenvalue weighted by molar-refractivity contribution is 0.0293. The van der Waals surface area contributed by atoms with E-state index in [9.17, 15) is 5.11 Å². The minimum atomic E-state index is -0.639. The highest BCUT2D eigenvalue weighted by molar-refractivity contribution is 4.79. The van der Waals surface area contributed by atoms with E-state index in [1.165, 1.54) is 32.7 Å². The van der Waals surface area contributed by atoms with Crippen LogP contribution in [0.3, 0.4) is 0 Å². The third-order valence-corrected chi connectivity index (χ3v) is 4.24. The van der Waals surface area contributed by atoms with Gasteiger partial charge in [-0.05, 0) is 31.7 Å². The summed E-state index contributed by atoms with van der Waals surface area (Å²) in [6.45, 7) is 14.0. The van der Waals surface area contributed by atoms with Crippen LogP contribution in [-0.2, 0) is 0 Å². The maximum Gasteiger partial charge on any atom is 0.0767 e. The molecule has 1 aliphatic rings. The Morgan fingerprint density at radius 3 is 2.21 bits per heavy atom. The van der Waals surface area contributed by atoms with Gasteiger partial charge in [-0.15, -0.1) is 0 Å². The first-order valence-electron chi connectivity index (χ1n) is 7.86. The van der Waals surface area contributed by atoms with Gasteiger partial charge in [-0.25, -0.2) is 0 Å². The molecule has 114 valence electrons. The molecule has 0 aliphatic carbocycles. The van der Waals surface area contributed by atoms with Crippen LogP contribution in [0.2, 0.25) is 0 Å². The molecule has 1 heterocycles. The summed E-state index contributed by atoms with van der Waals surface area (Å²) in [6.07, 6.45) is 2.63. The Bertz CT molecular complexity index is 234. The van der Waals surface area contributed by atoms with Crippen LogP contribution in [0.25, 0.3) is 0 Å². The third-order valence-electron chi connectivity index (χ3n) is 4.24.